The number of unbranched alkanes of at least 4 members (excludes halogenated alkanes) is 3. The highest BCUT2D eigenvalue weighted by molar-refractivity contribution is 7.98. The highest BCUT2D eigenvalue weighted by Crippen LogP contribution is 2.08. The Morgan fingerprint density at radius 2 is 2.00 bits per heavy atom. The van der Waals surface area contributed by atoms with Gasteiger partial charge < -0.3 is 10.4 Å². The van der Waals surface area contributed by atoms with Gasteiger partial charge in [-0.05, 0) is 37.0 Å². The monoisotopic (exact) mass is 305 g/mol. The number of carbonyl (C=O) groups excluding carboxylic acids is 1. The number of carbonyl (C=O) groups is 1. The predicted molar refractivity (Wildman–Crippen MR) is 89.6 cm³/mol. The van der Waals surface area contributed by atoms with Crippen LogP contribution in [0.2, 0.25) is 0 Å². The Balaban J connectivity index is 2.38. The highest BCUT2D eigenvalue weighted by Gasteiger charge is 2.08. The first-order valence-electron chi connectivity index (χ1n) is 7.25. The van der Waals surface area contributed by atoms with Crippen LogP contribution in [0.25, 0.3) is 0 Å². The maximum Gasteiger partial charge on any atom is 0.252 e. The lowest BCUT2D eigenvalue weighted by Gasteiger charge is -2.07. The second-order valence-corrected chi connectivity index (χ2v) is 5.65. The van der Waals surface area contributed by atoms with E-state index in [2.05, 4.69) is 23.4 Å². The molecule has 2 N–H and O–H groups in total. The minimum Gasteiger partial charge on any atom is -0.384 e. The third-order valence-electron chi connectivity index (χ3n) is 3.03. The number of nitrogens with one attached hydrogen (secondary N) is 1. The van der Waals surface area contributed by atoms with E-state index in [1.54, 1.807) is 12.1 Å². The van der Waals surface area contributed by atoms with E-state index in [4.69, 9.17) is 5.11 Å². The summed E-state index contributed by atoms with van der Waals surface area (Å²) >= 11 is 1.88. The van der Waals surface area contributed by atoms with E-state index in [1.165, 1.54) is 18.6 Å². The van der Waals surface area contributed by atoms with Crippen LogP contribution in [-0.2, 0) is 0 Å². The van der Waals surface area contributed by atoms with Crippen LogP contribution in [0.4, 0.5) is 0 Å². The molecule has 21 heavy (non-hydrogen) atoms. The van der Waals surface area contributed by atoms with Crippen LogP contribution in [0.1, 0.15) is 41.6 Å². The summed E-state index contributed by atoms with van der Waals surface area (Å²) in [5.74, 6) is 6.50. The third-order valence-corrected chi connectivity index (χ3v) is 3.73. The maximum absolute atomic E-state index is 12.1. The molecule has 0 heterocycles. The van der Waals surface area contributed by atoms with Gasteiger partial charge >= 0.3 is 0 Å². The molecule has 4 heteroatoms. The van der Waals surface area contributed by atoms with Gasteiger partial charge in [0.1, 0.15) is 6.61 Å². The summed E-state index contributed by atoms with van der Waals surface area (Å²) in [5.41, 5.74) is 1.23. The third kappa shape index (κ3) is 7.22. The largest absolute Gasteiger partial charge is 0.384 e. The zero-order valence-electron chi connectivity index (χ0n) is 12.5. The van der Waals surface area contributed by atoms with Crippen LogP contribution in [-0.4, -0.2) is 36.2 Å². The van der Waals surface area contributed by atoms with Gasteiger partial charge in [0.2, 0.25) is 0 Å². The van der Waals surface area contributed by atoms with Crippen molar-refractivity contribution in [2.75, 3.05) is 25.2 Å². The van der Waals surface area contributed by atoms with Gasteiger partial charge in [-0.2, -0.15) is 11.8 Å². The average molecular weight is 305 g/mol. The number of aliphatic hydroxyl groups excluding tert-OH is 1. The molecule has 0 aliphatic rings. The highest BCUT2D eigenvalue weighted by atomic mass is 32.2. The lowest BCUT2D eigenvalue weighted by atomic mass is 10.1. The van der Waals surface area contributed by atoms with E-state index in [1.807, 2.05) is 23.9 Å². The molecule has 0 fully saturated rings. The topological polar surface area (TPSA) is 49.3 Å². The molecular formula is C17H23NO2S. The fraction of sp³-hybridized carbons (Fsp3) is 0.471. The SMILES string of the molecule is CSCCCCCCNC(=O)c1ccccc1C#CCO. The molecule has 1 rings (SSSR count). The number of thioether (sulfide) groups is 1. The van der Waals surface area contributed by atoms with Crippen LogP contribution in [0.5, 0.6) is 0 Å². The van der Waals surface area contributed by atoms with Gasteiger partial charge in [0.15, 0.2) is 0 Å². The van der Waals surface area contributed by atoms with Crippen molar-refractivity contribution in [2.24, 2.45) is 0 Å². The molecule has 0 unspecified atom stereocenters. The molecule has 1 amide bonds. The molecule has 0 aliphatic carbocycles. The second kappa shape index (κ2) is 11.2. The van der Waals surface area contributed by atoms with Gasteiger partial charge in [-0.3, -0.25) is 4.79 Å². The zero-order chi connectivity index (χ0) is 15.3. The van der Waals surface area contributed by atoms with E-state index in [0.717, 1.165) is 12.8 Å². The summed E-state index contributed by atoms with van der Waals surface area (Å²) in [7, 11) is 0. The predicted octanol–water partition coefficient (Wildman–Crippen LogP) is 2.68. The second-order valence-electron chi connectivity index (χ2n) is 4.67. The molecule has 3 nitrogen and oxygen atoms in total. The van der Waals surface area contributed by atoms with Crippen LogP contribution >= 0.6 is 11.8 Å². The molecule has 0 atom stereocenters. The molecule has 0 saturated carbocycles. The summed E-state index contributed by atoms with van der Waals surface area (Å²) in [4.78, 5) is 12.1. The van der Waals surface area contributed by atoms with Crippen molar-refractivity contribution in [2.45, 2.75) is 25.7 Å². The minimum absolute atomic E-state index is 0.0954. The Morgan fingerprint density at radius 3 is 2.76 bits per heavy atom. The molecule has 0 radical (unpaired) electrons. The van der Waals surface area contributed by atoms with Gasteiger partial charge in [0, 0.05) is 12.1 Å². The Kier molecular flexibility index (Phi) is 9.43. The summed E-state index contributed by atoms with van der Waals surface area (Å²) in [6.45, 7) is 0.492. The Morgan fingerprint density at radius 1 is 1.24 bits per heavy atom. The Labute approximate surface area is 131 Å². The first kappa shape index (κ1) is 17.6. The van der Waals surface area contributed by atoms with Crippen LogP contribution < -0.4 is 5.32 Å². The fourth-order valence-corrected chi connectivity index (χ4v) is 2.44. The van der Waals surface area contributed by atoms with E-state index in [-0.39, 0.29) is 12.5 Å². The molecule has 0 aromatic heterocycles. The van der Waals surface area contributed by atoms with Crippen molar-refractivity contribution in [3.8, 4) is 11.8 Å². The summed E-state index contributed by atoms with van der Waals surface area (Å²) in [6.07, 6.45) is 6.73. The standard InChI is InChI=1S/C17H23NO2S/c1-21-14-7-3-2-6-12-18-17(20)16-11-5-4-9-15(16)10-8-13-19/h4-5,9,11,19H,2-3,6-7,12-14H2,1H3,(H,18,20). The fourth-order valence-electron chi connectivity index (χ4n) is 1.95. The van der Waals surface area contributed by atoms with E-state index in [0.29, 0.717) is 17.7 Å². The molecule has 0 spiro atoms. The van der Waals surface area contributed by atoms with Crippen LogP contribution in [0.3, 0.4) is 0 Å². The number of hydrogen-bond donors (Lipinski definition) is 2. The van der Waals surface area contributed by atoms with Crippen molar-refractivity contribution >= 4 is 17.7 Å². The molecular weight excluding hydrogens is 282 g/mol. The first-order valence-corrected chi connectivity index (χ1v) is 8.65. The van der Waals surface area contributed by atoms with Gasteiger partial charge in [0.05, 0.1) is 5.56 Å². The zero-order valence-corrected chi connectivity index (χ0v) is 13.3. The van der Waals surface area contributed by atoms with Crippen molar-refractivity contribution in [3.05, 3.63) is 35.4 Å². The molecule has 0 saturated heterocycles. The number of aliphatic hydroxyl groups is 1. The van der Waals surface area contributed by atoms with Crippen molar-refractivity contribution in [1.82, 2.24) is 5.32 Å². The molecule has 1 aromatic rings. The number of amides is 1. The molecule has 0 bridgehead atoms. The van der Waals surface area contributed by atoms with Crippen molar-refractivity contribution in [3.63, 3.8) is 0 Å². The molecule has 0 aliphatic heterocycles. The lowest BCUT2D eigenvalue weighted by molar-refractivity contribution is 0.0952. The number of benzene rings is 1. The number of hydrogen-bond acceptors (Lipinski definition) is 3. The summed E-state index contributed by atoms with van der Waals surface area (Å²) in [6, 6.07) is 7.21. The van der Waals surface area contributed by atoms with Gasteiger partial charge in [-0.15, -0.1) is 0 Å². The first-order chi connectivity index (χ1) is 10.3. The maximum atomic E-state index is 12.1. The van der Waals surface area contributed by atoms with Crippen molar-refractivity contribution < 1.29 is 9.90 Å². The lowest BCUT2D eigenvalue weighted by Crippen LogP contribution is -2.25. The van der Waals surface area contributed by atoms with Crippen LogP contribution in [0, 0.1) is 11.8 Å². The molecule has 114 valence electrons. The van der Waals surface area contributed by atoms with Crippen molar-refractivity contribution in [1.29, 1.82) is 0 Å². The van der Waals surface area contributed by atoms with Gasteiger partial charge in [0.25, 0.3) is 5.91 Å². The Hall–Kier alpha value is -1.44. The molecule has 1 aromatic carbocycles. The summed E-state index contributed by atoms with van der Waals surface area (Å²) in [5, 5.41) is 11.7. The average Bonchev–Trinajstić information content (AvgIpc) is 2.52. The van der Waals surface area contributed by atoms with Gasteiger partial charge in [-0.25, -0.2) is 0 Å². The summed E-state index contributed by atoms with van der Waals surface area (Å²) < 4.78 is 0. The minimum atomic E-state index is -0.202. The van der Waals surface area contributed by atoms with Crippen LogP contribution in [0.15, 0.2) is 24.3 Å². The normalized spacial score (nSPS) is 9.81. The van der Waals surface area contributed by atoms with E-state index >= 15 is 0 Å². The van der Waals surface area contributed by atoms with E-state index in [9.17, 15) is 4.79 Å². The smallest absolute Gasteiger partial charge is 0.252 e. The van der Waals surface area contributed by atoms with Gasteiger partial charge in [-0.1, -0.05) is 36.8 Å². The quantitative estimate of drug-likeness (QED) is 0.573. The van der Waals surface area contributed by atoms with E-state index < -0.39 is 0 Å². The Bertz CT molecular complexity index is 491. The number of rotatable bonds is 8.